The van der Waals surface area contributed by atoms with Gasteiger partial charge in [0.15, 0.2) is 0 Å². The minimum absolute atomic E-state index is 0.0622. The van der Waals surface area contributed by atoms with Gasteiger partial charge in [0.25, 0.3) is 0 Å². The van der Waals surface area contributed by atoms with Gasteiger partial charge in [0.2, 0.25) is 5.79 Å². The Morgan fingerprint density at radius 2 is 2.21 bits per heavy atom. The molecule has 0 saturated carbocycles. The molecule has 1 aromatic heterocycles. The van der Waals surface area contributed by atoms with E-state index < -0.39 is 5.79 Å². The van der Waals surface area contributed by atoms with Crippen molar-refractivity contribution in [3.63, 3.8) is 0 Å². The van der Waals surface area contributed by atoms with Gasteiger partial charge < -0.3 is 9.47 Å². The molecule has 1 aromatic carbocycles. The smallest absolute Gasteiger partial charge is 0.215 e. The largest absolute Gasteiger partial charge is 0.342 e. The van der Waals surface area contributed by atoms with E-state index in [1.54, 1.807) is 11.0 Å². The Morgan fingerprint density at radius 1 is 1.42 bits per heavy atom. The fraction of sp³-hybridized carbons (Fsp3) is 0.385. The first-order valence-corrected chi connectivity index (χ1v) is 6.87. The fourth-order valence-corrected chi connectivity index (χ4v) is 2.47. The number of nitrogens with zero attached hydrogens (tertiary/aromatic N) is 3. The molecule has 1 unspecified atom stereocenters. The molecule has 1 aliphatic heterocycles. The summed E-state index contributed by atoms with van der Waals surface area (Å²) >= 11 is 3.43. The molecule has 5 nitrogen and oxygen atoms in total. The van der Waals surface area contributed by atoms with Crippen molar-refractivity contribution < 1.29 is 9.47 Å². The Kier molecular flexibility index (Phi) is 3.38. The van der Waals surface area contributed by atoms with Crippen molar-refractivity contribution in [2.24, 2.45) is 0 Å². The lowest BCUT2D eigenvalue weighted by atomic mass is 10.1. The van der Waals surface area contributed by atoms with Crippen LogP contribution in [0.3, 0.4) is 0 Å². The fourth-order valence-electron chi connectivity index (χ4n) is 2.20. The monoisotopic (exact) mass is 323 g/mol. The van der Waals surface area contributed by atoms with Gasteiger partial charge >= 0.3 is 0 Å². The van der Waals surface area contributed by atoms with Crippen LogP contribution in [0.15, 0.2) is 41.4 Å². The summed E-state index contributed by atoms with van der Waals surface area (Å²) in [5.74, 6) is -0.784. The summed E-state index contributed by atoms with van der Waals surface area (Å²) < 4.78 is 14.7. The lowest BCUT2D eigenvalue weighted by Gasteiger charge is -2.28. The van der Waals surface area contributed by atoms with Gasteiger partial charge in [0, 0.05) is 10.0 Å². The molecular formula is C13H14BrN3O2. The highest BCUT2D eigenvalue weighted by Crippen LogP contribution is 2.36. The van der Waals surface area contributed by atoms with Crippen molar-refractivity contribution in [3.8, 4) is 0 Å². The van der Waals surface area contributed by atoms with Gasteiger partial charge in [-0.2, -0.15) is 5.10 Å². The molecule has 2 aromatic rings. The lowest BCUT2D eigenvalue weighted by molar-refractivity contribution is -0.186. The number of rotatable bonds is 3. The highest BCUT2D eigenvalue weighted by atomic mass is 79.9. The van der Waals surface area contributed by atoms with Gasteiger partial charge in [-0.25, -0.2) is 9.67 Å². The summed E-state index contributed by atoms with van der Waals surface area (Å²) in [7, 11) is 0. The molecule has 0 radical (unpaired) electrons. The number of aromatic nitrogens is 3. The molecule has 0 aliphatic carbocycles. The minimum Gasteiger partial charge on any atom is -0.342 e. The van der Waals surface area contributed by atoms with Crippen LogP contribution in [-0.2, 0) is 21.8 Å². The molecule has 1 saturated heterocycles. The molecule has 1 aliphatic rings. The maximum atomic E-state index is 6.02. The number of ether oxygens (including phenoxy) is 2. The second-order valence-electron chi connectivity index (χ2n) is 4.59. The molecule has 19 heavy (non-hydrogen) atoms. The molecule has 0 N–H and O–H groups in total. The highest BCUT2D eigenvalue weighted by Gasteiger charge is 2.42. The third-order valence-corrected chi connectivity index (χ3v) is 3.59. The van der Waals surface area contributed by atoms with Crippen molar-refractivity contribution >= 4 is 15.9 Å². The highest BCUT2D eigenvalue weighted by molar-refractivity contribution is 9.10. The zero-order valence-electron chi connectivity index (χ0n) is 10.5. The van der Waals surface area contributed by atoms with Gasteiger partial charge in [-0.1, -0.05) is 28.1 Å². The van der Waals surface area contributed by atoms with Crippen molar-refractivity contribution in [2.45, 2.75) is 25.4 Å². The Hall–Kier alpha value is -1.24. The predicted octanol–water partition coefficient (Wildman–Crippen LogP) is 2.33. The first kappa shape index (κ1) is 12.8. The van der Waals surface area contributed by atoms with E-state index in [1.807, 2.05) is 31.2 Å². The van der Waals surface area contributed by atoms with Crippen molar-refractivity contribution in [3.05, 3.63) is 47.0 Å². The molecule has 6 heteroatoms. The lowest BCUT2D eigenvalue weighted by Crippen LogP contribution is -2.33. The van der Waals surface area contributed by atoms with Crippen molar-refractivity contribution in [2.75, 3.05) is 6.61 Å². The van der Waals surface area contributed by atoms with Gasteiger partial charge in [-0.3, -0.25) is 0 Å². The second kappa shape index (κ2) is 5.03. The molecule has 1 fully saturated rings. The molecular weight excluding hydrogens is 310 g/mol. The van der Waals surface area contributed by atoms with Gasteiger partial charge in [-0.15, -0.1) is 0 Å². The van der Waals surface area contributed by atoms with Gasteiger partial charge in [0.05, 0.1) is 12.7 Å². The molecule has 0 spiro atoms. The van der Waals surface area contributed by atoms with Crippen LogP contribution < -0.4 is 0 Å². The Bertz CT molecular complexity index is 544. The first-order chi connectivity index (χ1) is 9.18. The van der Waals surface area contributed by atoms with E-state index in [9.17, 15) is 0 Å². The van der Waals surface area contributed by atoms with Crippen LogP contribution in [-0.4, -0.2) is 27.5 Å². The zero-order valence-corrected chi connectivity index (χ0v) is 12.1. The molecule has 3 rings (SSSR count). The van der Waals surface area contributed by atoms with Gasteiger partial charge in [-0.05, 0) is 19.1 Å². The van der Waals surface area contributed by atoms with E-state index >= 15 is 0 Å². The van der Waals surface area contributed by atoms with Crippen LogP contribution in [0, 0.1) is 0 Å². The Morgan fingerprint density at radius 3 is 2.79 bits per heavy atom. The maximum absolute atomic E-state index is 6.02. The molecule has 0 bridgehead atoms. The molecule has 2 heterocycles. The van der Waals surface area contributed by atoms with Gasteiger partial charge in [0.1, 0.15) is 19.2 Å². The van der Waals surface area contributed by atoms with E-state index in [2.05, 4.69) is 26.0 Å². The van der Waals surface area contributed by atoms with Crippen LogP contribution in [0.25, 0.3) is 0 Å². The summed E-state index contributed by atoms with van der Waals surface area (Å²) in [4.78, 5) is 3.96. The van der Waals surface area contributed by atoms with Crippen molar-refractivity contribution in [1.29, 1.82) is 0 Å². The molecule has 100 valence electrons. The van der Waals surface area contributed by atoms with E-state index in [4.69, 9.17) is 9.47 Å². The van der Waals surface area contributed by atoms with E-state index in [-0.39, 0.29) is 6.10 Å². The summed E-state index contributed by atoms with van der Waals surface area (Å²) in [6, 6.07) is 7.96. The van der Waals surface area contributed by atoms with Crippen molar-refractivity contribution in [1.82, 2.24) is 14.8 Å². The maximum Gasteiger partial charge on any atom is 0.215 e. The minimum atomic E-state index is -0.784. The van der Waals surface area contributed by atoms with Crippen LogP contribution >= 0.6 is 15.9 Å². The van der Waals surface area contributed by atoms with Crippen LogP contribution in [0.1, 0.15) is 12.5 Å². The van der Waals surface area contributed by atoms with Crippen LogP contribution in [0.2, 0.25) is 0 Å². The molecule has 2 atom stereocenters. The van der Waals surface area contributed by atoms with E-state index in [0.29, 0.717) is 13.2 Å². The Balaban J connectivity index is 1.95. The normalized spacial score (nSPS) is 26.7. The third kappa shape index (κ3) is 2.56. The third-order valence-electron chi connectivity index (χ3n) is 3.06. The summed E-state index contributed by atoms with van der Waals surface area (Å²) in [6.07, 6.45) is 3.23. The number of hydrogen-bond donors (Lipinski definition) is 0. The van der Waals surface area contributed by atoms with Crippen LogP contribution in [0.5, 0.6) is 0 Å². The summed E-state index contributed by atoms with van der Waals surface area (Å²) in [5, 5.41) is 4.13. The molecule has 0 amide bonds. The zero-order chi connectivity index (χ0) is 13.3. The quantitative estimate of drug-likeness (QED) is 0.869. The second-order valence-corrected chi connectivity index (χ2v) is 5.51. The SMILES string of the molecule is C[C@@H]1COC(Cn2cncn2)(c2ccc(Br)cc2)O1. The number of halogens is 1. The van der Waals surface area contributed by atoms with E-state index in [1.165, 1.54) is 6.33 Å². The predicted molar refractivity (Wildman–Crippen MR) is 72.3 cm³/mol. The standard InChI is InChI=1S/C13H14BrN3O2/c1-10-6-18-13(19-10,7-17-9-15-8-16-17)11-2-4-12(14)5-3-11/h2-5,8-10H,6-7H2,1H3/t10-,13?/m1/s1. The number of benzene rings is 1. The van der Waals surface area contributed by atoms with E-state index in [0.717, 1.165) is 10.0 Å². The number of hydrogen-bond acceptors (Lipinski definition) is 4. The summed E-state index contributed by atoms with van der Waals surface area (Å²) in [6.45, 7) is 3.06. The van der Waals surface area contributed by atoms with Crippen LogP contribution in [0.4, 0.5) is 0 Å². The average Bonchev–Trinajstić information content (AvgIpc) is 3.01. The summed E-state index contributed by atoms with van der Waals surface area (Å²) in [5.41, 5.74) is 0.982. The average molecular weight is 324 g/mol. The topological polar surface area (TPSA) is 49.2 Å². The Labute approximate surface area is 119 Å². The first-order valence-electron chi connectivity index (χ1n) is 6.08.